The van der Waals surface area contributed by atoms with E-state index in [2.05, 4.69) is 20.8 Å². The highest BCUT2D eigenvalue weighted by molar-refractivity contribution is 5.69. The summed E-state index contributed by atoms with van der Waals surface area (Å²) in [7, 11) is 0. The topological polar surface area (TPSA) is 61.8 Å². The molecule has 0 aromatic rings. The zero-order chi connectivity index (χ0) is 46.3. The Balaban J connectivity index is 4.10. The van der Waals surface area contributed by atoms with Crippen LogP contribution in [0, 0.1) is 0 Å². The van der Waals surface area contributed by atoms with E-state index in [0.29, 0.717) is 19.4 Å². The maximum atomic E-state index is 12.7. The third-order valence-corrected chi connectivity index (χ3v) is 13.7. The van der Waals surface area contributed by atoms with Gasteiger partial charge in [-0.2, -0.15) is 0 Å². The van der Waals surface area contributed by atoms with E-state index in [-0.39, 0.29) is 31.3 Å². The van der Waals surface area contributed by atoms with Crippen molar-refractivity contribution >= 4 is 11.9 Å². The molecular formula is C59H116O5. The smallest absolute Gasteiger partial charge is 0.305 e. The van der Waals surface area contributed by atoms with Crippen molar-refractivity contribution in [3.8, 4) is 0 Å². The largest absolute Gasteiger partial charge is 0.463 e. The number of rotatable bonds is 56. The molecule has 0 rings (SSSR count). The predicted molar refractivity (Wildman–Crippen MR) is 280 cm³/mol. The first-order valence-electron chi connectivity index (χ1n) is 29.6. The van der Waals surface area contributed by atoms with Gasteiger partial charge in [0.15, 0.2) is 0 Å². The Morgan fingerprint density at radius 3 is 0.672 bits per heavy atom. The molecule has 0 aliphatic rings. The van der Waals surface area contributed by atoms with Crippen LogP contribution in [0.25, 0.3) is 0 Å². The Labute approximate surface area is 402 Å². The first-order chi connectivity index (χ1) is 31.6. The Bertz CT molecular complexity index is 891. The highest BCUT2D eigenvalue weighted by atomic mass is 16.6. The molecule has 5 nitrogen and oxygen atoms in total. The quantitative estimate of drug-likeness (QED) is 0.0449. The number of ether oxygens (including phenoxy) is 3. The van der Waals surface area contributed by atoms with E-state index in [0.717, 1.165) is 38.5 Å². The monoisotopic (exact) mass is 905 g/mol. The zero-order valence-electron chi connectivity index (χ0n) is 44.1. The fourth-order valence-electron chi connectivity index (χ4n) is 9.20. The average molecular weight is 906 g/mol. The van der Waals surface area contributed by atoms with Gasteiger partial charge in [-0.1, -0.05) is 310 Å². The van der Waals surface area contributed by atoms with Gasteiger partial charge in [0.25, 0.3) is 0 Å². The molecule has 0 aromatic carbocycles. The van der Waals surface area contributed by atoms with Gasteiger partial charge in [-0.25, -0.2) is 0 Å². The van der Waals surface area contributed by atoms with Crippen LogP contribution in [0.1, 0.15) is 342 Å². The maximum Gasteiger partial charge on any atom is 0.305 e. The Morgan fingerprint density at radius 1 is 0.266 bits per heavy atom. The summed E-state index contributed by atoms with van der Waals surface area (Å²) in [5, 5.41) is 0. The molecule has 64 heavy (non-hydrogen) atoms. The zero-order valence-corrected chi connectivity index (χ0v) is 44.1. The minimum Gasteiger partial charge on any atom is -0.463 e. The maximum absolute atomic E-state index is 12.7. The molecule has 0 unspecified atom stereocenters. The summed E-state index contributed by atoms with van der Waals surface area (Å²) in [6.45, 7) is 7.82. The second-order valence-electron chi connectivity index (χ2n) is 20.3. The van der Waals surface area contributed by atoms with Crippen LogP contribution in [0.4, 0.5) is 0 Å². The minimum absolute atomic E-state index is 0.152. The Kier molecular flexibility index (Phi) is 55.3. The fraction of sp³-hybridized carbons (Fsp3) is 0.966. The second-order valence-corrected chi connectivity index (χ2v) is 20.3. The second kappa shape index (κ2) is 56.2. The SMILES string of the molecule is CCCCCCCCCCCCCCCCCCCCCCCC(=O)OC[C@H](COC(=O)CCCCCCCCCCCCC)OCCCCCCCCCCCCCCCCCC. The van der Waals surface area contributed by atoms with Gasteiger partial charge in [0, 0.05) is 19.4 Å². The standard InChI is InChI=1S/C59H116O5/c1-4-7-10-13-16-19-22-24-26-28-29-30-31-32-33-35-38-41-44-47-50-53-59(61)64-56-57(55-63-58(60)52-49-46-43-40-37-21-18-15-12-9-6-3)62-54-51-48-45-42-39-36-34-27-25-23-20-17-14-11-8-5-2/h57H,4-56H2,1-3H3/t57-/m0/s1. The summed E-state index contributed by atoms with van der Waals surface area (Å²) in [6, 6.07) is 0. The van der Waals surface area contributed by atoms with Crippen LogP contribution < -0.4 is 0 Å². The van der Waals surface area contributed by atoms with Crippen molar-refractivity contribution in [3.05, 3.63) is 0 Å². The Hall–Kier alpha value is -1.10. The molecule has 0 N–H and O–H groups in total. The number of unbranched alkanes of at least 4 members (excludes halogenated alkanes) is 45. The third-order valence-electron chi connectivity index (χ3n) is 13.7. The molecule has 0 saturated carbocycles. The van der Waals surface area contributed by atoms with Crippen molar-refractivity contribution in [1.82, 2.24) is 0 Å². The van der Waals surface area contributed by atoms with Gasteiger partial charge in [0.1, 0.15) is 19.3 Å². The molecule has 1 atom stereocenters. The molecule has 0 amide bonds. The lowest BCUT2D eigenvalue weighted by molar-refractivity contribution is -0.155. The molecular weight excluding hydrogens is 789 g/mol. The van der Waals surface area contributed by atoms with Crippen molar-refractivity contribution < 1.29 is 23.8 Å². The first-order valence-corrected chi connectivity index (χ1v) is 29.6. The number of esters is 2. The van der Waals surface area contributed by atoms with Gasteiger partial charge in [0.2, 0.25) is 0 Å². The lowest BCUT2D eigenvalue weighted by Crippen LogP contribution is -2.29. The Morgan fingerprint density at radius 2 is 0.453 bits per heavy atom. The van der Waals surface area contributed by atoms with Crippen LogP contribution in [0.2, 0.25) is 0 Å². The number of hydrogen-bond donors (Lipinski definition) is 0. The van der Waals surface area contributed by atoms with Gasteiger partial charge in [-0.3, -0.25) is 9.59 Å². The van der Waals surface area contributed by atoms with Crippen molar-refractivity contribution in [2.45, 2.75) is 348 Å². The fourth-order valence-corrected chi connectivity index (χ4v) is 9.20. The van der Waals surface area contributed by atoms with Crippen molar-refractivity contribution in [1.29, 1.82) is 0 Å². The molecule has 382 valence electrons. The van der Waals surface area contributed by atoms with E-state index in [9.17, 15) is 9.59 Å². The third kappa shape index (κ3) is 53.5. The van der Waals surface area contributed by atoms with Crippen LogP contribution in [0.15, 0.2) is 0 Å². The molecule has 0 fully saturated rings. The van der Waals surface area contributed by atoms with Crippen molar-refractivity contribution in [2.24, 2.45) is 0 Å². The molecule has 0 saturated heterocycles. The molecule has 0 aliphatic heterocycles. The summed E-state index contributed by atoms with van der Waals surface area (Å²) in [5.74, 6) is -0.307. The summed E-state index contributed by atoms with van der Waals surface area (Å²) in [5.41, 5.74) is 0. The molecule has 0 aromatic heterocycles. The van der Waals surface area contributed by atoms with E-state index in [1.165, 1.54) is 270 Å². The molecule has 0 bridgehead atoms. The van der Waals surface area contributed by atoms with E-state index in [1.807, 2.05) is 0 Å². The predicted octanol–water partition coefficient (Wildman–Crippen LogP) is 20.0. The highest BCUT2D eigenvalue weighted by Gasteiger charge is 2.16. The van der Waals surface area contributed by atoms with Crippen LogP contribution in [-0.2, 0) is 23.8 Å². The minimum atomic E-state index is -0.388. The van der Waals surface area contributed by atoms with Crippen molar-refractivity contribution in [3.63, 3.8) is 0 Å². The molecule has 0 radical (unpaired) electrons. The van der Waals surface area contributed by atoms with Gasteiger partial charge >= 0.3 is 11.9 Å². The molecule has 0 aliphatic carbocycles. The first kappa shape index (κ1) is 62.9. The number of carbonyl (C=O) groups excluding carboxylic acids is 2. The summed E-state index contributed by atoms with van der Waals surface area (Å²) in [4.78, 5) is 25.3. The van der Waals surface area contributed by atoms with Crippen LogP contribution >= 0.6 is 0 Å². The lowest BCUT2D eigenvalue weighted by Gasteiger charge is -2.18. The molecule has 5 heteroatoms. The lowest BCUT2D eigenvalue weighted by atomic mass is 10.0. The van der Waals surface area contributed by atoms with E-state index in [1.54, 1.807) is 0 Å². The number of hydrogen-bond acceptors (Lipinski definition) is 5. The van der Waals surface area contributed by atoms with E-state index >= 15 is 0 Å². The molecule has 0 spiro atoms. The van der Waals surface area contributed by atoms with Crippen molar-refractivity contribution in [2.75, 3.05) is 19.8 Å². The van der Waals surface area contributed by atoms with Gasteiger partial charge in [-0.15, -0.1) is 0 Å². The van der Waals surface area contributed by atoms with E-state index < -0.39 is 0 Å². The van der Waals surface area contributed by atoms with Gasteiger partial charge < -0.3 is 14.2 Å². The van der Waals surface area contributed by atoms with Crippen LogP contribution in [0.5, 0.6) is 0 Å². The van der Waals surface area contributed by atoms with Gasteiger partial charge in [-0.05, 0) is 19.3 Å². The highest BCUT2D eigenvalue weighted by Crippen LogP contribution is 2.18. The summed E-state index contributed by atoms with van der Waals surface area (Å²) in [6.07, 6.45) is 64.4. The summed E-state index contributed by atoms with van der Waals surface area (Å²) < 4.78 is 17.5. The summed E-state index contributed by atoms with van der Waals surface area (Å²) >= 11 is 0. The number of carbonyl (C=O) groups is 2. The van der Waals surface area contributed by atoms with Crippen LogP contribution in [-0.4, -0.2) is 37.9 Å². The average Bonchev–Trinajstić information content (AvgIpc) is 3.30. The van der Waals surface area contributed by atoms with E-state index in [4.69, 9.17) is 14.2 Å². The normalized spacial score (nSPS) is 12.0. The molecule has 0 heterocycles. The van der Waals surface area contributed by atoms with Crippen LogP contribution in [0.3, 0.4) is 0 Å². The van der Waals surface area contributed by atoms with Gasteiger partial charge in [0.05, 0.1) is 0 Å².